The number of nitrogens with zero attached hydrogens (tertiary/aromatic N) is 1. The lowest BCUT2D eigenvalue weighted by atomic mass is 9.62. The molecule has 0 unspecified atom stereocenters. The molecule has 0 bridgehead atoms. The number of halogens is 3. The summed E-state index contributed by atoms with van der Waals surface area (Å²) in [4.78, 5) is 12.3. The molecular weight excluding hydrogens is 207 g/mol. The third kappa shape index (κ3) is 2.51. The van der Waals surface area contributed by atoms with E-state index in [2.05, 4.69) is 0 Å². The lowest BCUT2D eigenvalue weighted by Gasteiger charge is -2.46. The SMILES string of the molecule is O=C1CC2(CCN(CC(F)(F)F)CC2)C1. The van der Waals surface area contributed by atoms with Crippen molar-refractivity contribution in [3.63, 3.8) is 0 Å². The van der Waals surface area contributed by atoms with Crippen molar-refractivity contribution in [2.24, 2.45) is 5.41 Å². The highest BCUT2D eigenvalue weighted by molar-refractivity contribution is 5.86. The number of Topliss-reactive ketones (excluding diaryl/α,β-unsaturated/α-hetero) is 1. The Hall–Kier alpha value is -0.580. The molecule has 0 N–H and O–H groups in total. The molecule has 0 radical (unpaired) electrons. The Balaban J connectivity index is 1.80. The summed E-state index contributed by atoms with van der Waals surface area (Å²) in [6.07, 6.45) is -1.43. The second-order valence-corrected chi connectivity index (χ2v) is 4.78. The van der Waals surface area contributed by atoms with Crippen molar-refractivity contribution >= 4 is 5.78 Å². The van der Waals surface area contributed by atoms with Crippen molar-refractivity contribution in [3.05, 3.63) is 0 Å². The molecule has 0 amide bonds. The van der Waals surface area contributed by atoms with E-state index >= 15 is 0 Å². The van der Waals surface area contributed by atoms with Gasteiger partial charge < -0.3 is 0 Å². The molecule has 0 aromatic carbocycles. The van der Waals surface area contributed by atoms with Crippen LogP contribution >= 0.6 is 0 Å². The molecule has 5 heteroatoms. The van der Waals surface area contributed by atoms with Gasteiger partial charge in [-0.3, -0.25) is 9.69 Å². The Morgan fingerprint density at radius 3 is 2.13 bits per heavy atom. The lowest BCUT2D eigenvalue weighted by Crippen LogP contribution is -2.49. The number of piperidine rings is 1. The predicted molar refractivity (Wildman–Crippen MR) is 48.4 cm³/mol. The zero-order valence-electron chi connectivity index (χ0n) is 8.44. The van der Waals surface area contributed by atoms with Gasteiger partial charge in [0.2, 0.25) is 0 Å². The smallest absolute Gasteiger partial charge is 0.300 e. The Morgan fingerprint density at radius 1 is 1.20 bits per heavy atom. The number of ketones is 1. The summed E-state index contributed by atoms with van der Waals surface area (Å²) >= 11 is 0. The number of carbonyl (C=O) groups excluding carboxylic acids is 1. The third-order valence-electron chi connectivity index (χ3n) is 3.46. The van der Waals surface area contributed by atoms with E-state index in [0.29, 0.717) is 25.9 Å². The molecule has 15 heavy (non-hydrogen) atoms. The van der Waals surface area contributed by atoms with Crippen molar-refractivity contribution in [2.45, 2.75) is 31.9 Å². The maximum absolute atomic E-state index is 12.1. The number of alkyl halides is 3. The molecule has 1 aliphatic carbocycles. The van der Waals surface area contributed by atoms with Gasteiger partial charge in [-0.2, -0.15) is 13.2 Å². The molecule has 0 atom stereocenters. The highest BCUT2D eigenvalue weighted by Crippen LogP contribution is 2.46. The first kappa shape index (κ1) is 10.9. The average Bonchev–Trinajstić information content (AvgIpc) is 2.04. The normalized spacial score (nSPS) is 26.7. The van der Waals surface area contributed by atoms with Gasteiger partial charge in [-0.05, 0) is 31.3 Å². The fourth-order valence-corrected chi connectivity index (χ4v) is 2.58. The van der Waals surface area contributed by atoms with Crippen LogP contribution in [0, 0.1) is 5.41 Å². The maximum Gasteiger partial charge on any atom is 0.401 e. The molecule has 2 fully saturated rings. The second-order valence-electron chi connectivity index (χ2n) is 4.78. The van der Waals surface area contributed by atoms with Crippen LogP contribution in [0.5, 0.6) is 0 Å². The molecule has 2 nitrogen and oxygen atoms in total. The number of likely N-dealkylation sites (tertiary alicyclic amines) is 1. The van der Waals surface area contributed by atoms with Crippen molar-refractivity contribution in [2.75, 3.05) is 19.6 Å². The summed E-state index contributed by atoms with van der Waals surface area (Å²) in [6, 6.07) is 0. The number of hydrogen-bond donors (Lipinski definition) is 0. The van der Waals surface area contributed by atoms with E-state index in [1.165, 1.54) is 4.90 Å². The summed E-state index contributed by atoms with van der Waals surface area (Å²) in [5.74, 6) is 0.263. The first-order valence-electron chi connectivity index (χ1n) is 5.19. The van der Waals surface area contributed by atoms with Gasteiger partial charge in [0.15, 0.2) is 0 Å². The first-order chi connectivity index (χ1) is 6.89. The maximum atomic E-state index is 12.1. The van der Waals surface area contributed by atoms with Crippen LogP contribution in [-0.2, 0) is 4.79 Å². The number of hydrogen-bond acceptors (Lipinski definition) is 2. The quantitative estimate of drug-likeness (QED) is 0.675. The molecule has 1 saturated carbocycles. The van der Waals surface area contributed by atoms with Crippen molar-refractivity contribution in [1.82, 2.24) is 4.90 Å². The van der Waals surface area contributed by atoms with Gasteiger partial charge in [0, 0.05) is 12.8 Å². The molecule has 1 spiro atoms. The van der Waals surface area contributed by atoms with Gasteiger partial charge in [-0.15, -0.1) is 0 Å². The van der Waals surface area contributed by atoms with Gasteiger partial charge in [-0.25, -0.2) is 0 Å². The summed E-state index contributed by atoms with van der Waals surface area (Å²) in [5.41, 5.74) is 0.0686. The van der Waals surface area contributed by atoms with Gasteiger partial charge in [-0.1, -0.05) is 0 Å². The first-order valence-corrected chi connectivity index (χ1v) is 5.19. The molecule has 0 aromatic heterocycles. The summed E-state index contributed by atoms with van der Waals surface area (Å²) in [7, 11) is 0. The van der Waals surface area contributed by atoms with Crippen LogP contribution in [0.15, 0.2) is 0 Å². The van der Waals surface area contributed by atoms with Crippen molar-refractivity contribution < 1.29 is 18.0 Å². The van der Waals surface area contributed by atoms with Crippen molar-refractivity contribution in [1.29, 1.82) is 0 Å². The Labute approximate surface area is 86.4 Å². The van der Waals surface area contributed by atoms with Gasteiger partial charge >= 0.3 is 6.18 Å². The second kappa shape index (κ2) is 3.47. The van der Waals surface area contributed by atoms with E-state index < -0.39 is 12.7 Å². The van der Waals surface area contributed by atoms with E-state index in [1.54, 1.807) is 0 Å². The summed E-state index contributed by atoms with van der Waals surface area (Å²) in [5, 5.41) is 0. The van der Waals surface area contributed by atoms with E-state index in [9.17, 15) is 18.0 Å². The van der Waals surface area contributed by atoms with Crippen LogP contribution in [0.1, 0.15) is 25.7 Å². The molecular formula is C10H14F3NO. The Bertz CT molecular complexity index is 256. The fraction of sp³-hybridized carbons (Fsp3) is 0.900. The molecule has 2 aliphatic rings. The Morgan fingerprint density at radius 2 is 1.73 bits per heavy atom. The highest BCUT2D eigenvalue weighted by atomic mass is 19.4. The molecule has 2 rings (SSSR count). The van der Waals surface area contributed by atoms with Gasteiger partial charge in [0.1, 0.15) is 5.78 Å². The van der Waals surface area contributed by atoms with Gasteiger partial charge in [0.05, 0.1) is 6.54 Å². The predicted octanol–water partition coefficient (Wildman–Crippen LogP) is 1.99. The van der Waals surface area contributed by atoms with Crippen LogP contribution in [0.4, 0.5) is 13.2 Å². The minimum atomic E-state index is -4.10. The monoisotopic (exact) mass is 221 g/mol. The molecule has 86 valence electrons. The summed E-state index contributed by atoms with van der Waals surface area (Å²) < 4.78 is 36.3. The van der Waals surface area contributed by atoms with Crippen LogP contribution in [0.3, 0.4) is 0 Å². The highest BCUT2D eigenvalue weighted by Gasteiger charge is 2.46. The molecule has 1 saturated heterocycles. The standard InChI is InChI=1S/C10H14F3NO/c11-10(12,13)7-14-3-1-9(2-4-14)5-8(15)6-9/h1-7H2. The van der Waals surface area contributed by atoms with Gasteiger partial charge in [0.25, 0.3) is 0 Å². The fourth-order valence-electron chi connectivity index (χ4n) is 2.58. The molecule has 0 aromatic rings. The van der Waals surface area contributed by atoms with Crippen LogP contribution < -0.4 is 0 Å². The topological polar surface area (TPSA) is 20.3 Å². The largest absolute Gasteiger partial charge is 0.401 e. The number of carbonyl (C=O) groups is 1. The molecule has 1 aliphatic heterocycles. The average molecular weight is 221 g/mol. The van der Waals surface area contributed by atoms with Crippen LogP contribution in [-0.4, -0.2) is 36.5 Å². The molecule has 1 heterocycles. The minimum Gasteiger partial charge on any atom is -0.300 e. The zero-order chi connectivity index (χ0) is 11.1. The van der Waals surface area contributed by atoms with E-state index in [4.69, 9.17) is 0 Å². The van der Waals surface area contributed by atoms with Crippen LogP contribution in [0.2, 0.25) is 0 Å². The minimum absolute atomic E-state index is 0.0686. The van der Waals surface area contributed by atoms with E-state index in [-0.39, 0.29) is 11.2 Å². The number of rotatable bonds is 1. The van der Waals surface area contributed by atoms with Crippen LogP contribution in [0.25, 0.3) is 0 Å². The van der Waals surface area contributed by atoms with E-state index in [1.807, 2.05) is 0 Å². The Kier molecular flexibility index (Phi) is 2.53. The zero-order valence-corrected chi connectivity index (χ0v) is 8.44. The summed E-state index contributed by atoms with van der Waals surface area (Å²) in [6.45, 7) is 0.149. The van der Waals surface area contributed by atoms with E-state index in [0.717, 1.165) is 12.8 Å². The van der Waals surface area contributed by atoms with Crippen molar-refractivity contribution in [3.8, 4) is 0 Å². The third-order valence-corrected chi connectivity index (χ3v) is 3.46. The lowest BCUT2D eigenvalue weighted by molar-refractivity contribution is -0.156.